The predicted molar refractivity (Wildman–Crippen MR) is 140 cm³/mol. The maximum Gasteiger partial charge on any atom is 0.410 e. The van der Waals surface area contributed by atoms with Crippen molar-refractivity contribution in [1.29, 1.82) is 0 Å². The number of fused-ring (bicyclic) bond motifs is 4. The third-order valence-corrected chi connectivity index (χ3v) is 10.3. The summed E-state index contributed by atoms with van der Waals surface area (Å²) in [6.45, 7) is 5.63. The summed E-state index contributed by atoms with van der Waals surface area (Å²) >= 11 is 0. The SMILES string of the molecule is CCOC(=O)N1C2CCC(N3CCC4(CC[C@H](N5CCCC5=O)c5ccccc54)CC3)CCC1CC2. The molecule has 196 valence electrons. The molecule has 2 amide bonds. The summed E-state index contributed by atoms with van der Waals surface area (Å²) in [7, 11) is 0. The quantitative estimate of drug-likeness (QED) is 0.565. The van der Waals surface area contributed by atoms with Crippen molar-refractivity contribution in [2.75, 3.05) is 26.2 Å². The Morgan fingerprint density at radius 2 is 1.58 bits per heavy atom. The van der Waals surface area contributed by atoms with Crippen molar-refractivity contribution in [3.63, 3.8) is 0 Å². The molecule has 5 aliphatic rings. The summed E-state index contributed by atoms with van der Waals surface area (Å²) in [6, 6.07) is 10.7. The largest absolute Gasteiger partial charge is 0.450 e. The second-order valence-corrected chi connectivity index (χ2v) is 11.9. The molecule has 0 radical (unpaired) electrons. The van der Waals surface area contributed by atoms with E-state index < -0.39 is 0 Å². The van der Waals surface area contributed by atoms with Crippen LogP contribution in [0.2, 0.25) is 0 Å². The summed E-state index contributed by atoms with van der Waals surface area (Å²) in [4.78, 5) is 32.2. The molecule has 0 aromatic heterocycles. The number of likely N-dealkylation sites (tertiary alicyclic amines) is 2. The number of piperidine rings is 1. The van der Waals surface area contributed by atoms with Crippen LogP contribution in [-0.4, -0.2) is 71.1 Å². The smallest absolute Gasteiger partial charge is 0.410 e. The Morgan fingerprint density at radius 3 is 2.22 bits per heavy atom. The van der Waals surface area contributed by atoms with E-state index in [1.165, 1.54) is 56.3 Å². The first-order chi connectivity index (χ1) is 17.6. The second kappa shape index (κ2) is 10.00. The summed E-state index contributed by atoms with van der Waals surface area (Å²) < 4.78 is 5.39. The lowest BCUT2D eigenvalue weighted by Crippen LogP contribution is -2.51. The van der Waals surface area contributed by atoms with Crippen LogP contribution in [0.5, 0.6) is 0 Å². The van der Waals surface area contributed by atoms with Gasteiger partial charge in [-0.05, 0) is 107 Å². The van der Waals surface area contributed by atoms with Gasteiger partial charge in [0.1, 0.15) is 0 Å². The van der Waals surface area contributed by atoms with Crippen LogP contribution in [0, 0.1) is 0 Å². The minimum absolute atomic E-state index is 0.0896. The fourth-order valence-corrected chi connectivity index (χ4v) is 8.44. The Morgan fingerprint density at radius 1 is 0.917 bits per heavy atom. The molecule has 2 unspecified atom stereocenters. The third-order valence-electron chi connectivity index (χ3n) is 10.3. The van der Waals surface area contributed by atoms with Crippen LogP contribution in [0.3, 0.4) is 0 Å². The van der Waals surface area contributed by atoms with Crippen LogP contribution in [0.25, 0.3) is 0 Å². The van der Waals surface area contributed by atoms with E-state index in [0.717, 1.165) is 51.5 Å². The Kier molecular flexibility index (Phi) is 6.74. The molecule has 1 aliphatic carbocycles. The van der Waals surface area contributed by atoms with Crippen molar-refractivity contribution in [2.45, 2.75) is 114 Å². The lowest BCUT2D eigenvalue weighted by atomic mass is 9.63. The zero-order valence-electron chi connectivity index (χ0n) is 22.0. The Balaban J connectivity index is 1.12. The first-order valence-electron chi connectivity index (χ1n) is 14.7. The van der Waals surface area contributed by atoms with Crippen LogP contribution < -0.4 is 0 Å². The number of carbonyl (C=O) groups is 2. The zero-order valence-corrected chi connectivity index (χ0v) is 22.0. The van der Waals surface area contributed by atoms with E-state index in [9.17, 15) is 9.59 Å². The molecule has 6 heteroatoms. The van der Waals surface area contributed by atoms with Crippen molar-refractivity contribution < 1.29 is 14.3 Å². The van der Waals surface area contributed by atoms with Crippen LogP contribution in [0.15, 0.2) is 24.3 Å². The van der Waals surface area contributed by atoms with Crippen molar-refractivity contribution in [1.82, 2.24) is 14.7 Å². The molecule has 4 heterocycles. The molecule has 0 N–H and O–H groups in total. The Labute approximate surface area is 216 Å². The summed E-state index contributed by atoms with van der Waals surface area (Å²) in [6.07, 6.45) is 13.3. The van der Waals surface area contributed by atoms with Gasteiger partial charge >= 0.3 is 6.09 Å². The van der Waals surface area contributed by atoms with Crippen molar-refractivity contribution in [3.8, 4) is 0 Å². The predicted octanol–water partition coefficient (Wildman–Crippen LogP) is 5.41. The fraction of sp³-hybridized carbons (Fsp3) is 0.733. The molecule has 1 spiro atoms. The van der Waals surface area contributed by atoms with Gasteiger partial charge in [0.15, 0.2) is 0 Å². The third kappa shape index (κ3) is 4.23. The van der Waals surface area contributed by atoms with Crippen LogP contribution >= 0.6 is 0 Å². The van der Waals surface area contributed by atoms with Gasteiger partial charge in [-0.2, -0.15) is 0 Å². The van der Waals surface area contributed by atoms with Gasteiger partial charge in [-0.3, -0.25) is 4.79 Å². The topological polar surface area (TPSA) is 53.1 Å². The van der Waals surface area contributed by atoms with E-state index in [2.05, 4.69) is 39.0 Å². The average molecular weight is 494 g/mol. The second-order valence-electron chi connectivity index (χ2n) is 11.9. The Hall–Kier alpha value is -2.08. The lowest BCUT2D eigenvalue weighted by molar-refractivity contribution is -0.130. The number of hydrogen-bond acceptors (Lipinski definition) is 4. The van der Waals surface area contributed by atoms with Gasteiger partial charge in [0.25, 0.3) is 0 Å². The van der Waals surface area contributed by atoms with Crippen molar-refractivity contribution in [2.24, 2.45) is 0 Å². The summed E-state index contributed by atoms with van der Waals surface area (Å²) in [5.41, 5.74) is 3.23. The van der Waals surface area contributed by atoms with Gasteiger partial charge in [-0.25, -0.2) is 4.79 Å². The number of rotatable bonds is 3. The van der Waals surface area contributed by atoms with E-state index in [0.29, 0.717) is 30.6 Å². The highest BCUT2D eigenvalue weighted by molar-refractivity contribution is 5.78. The molecule has 0 saturated carbocycles. The summed E-state index contributed by atoms with van der Waals surface area (Å²) in [5.74, 6) is 0.348. The summed E-state index contributed by atoms with van der Waals surface area (Å²) in [5, 5.41) is 0. The molecular formula is C30H43N3O3. The van der Waals surface area contributed by atoms with Gasteiger partial charge < -0.3 is 19.4 Å². The maximum absolute atomic E-state index is 12.6. The molecule has 3 atom stereocenters. The van der Waals surface area contributed by atoms with E-state index >= 15 is 0 Å². The van der Waals surface area contributed by atoms with Gasteiger partial charge in [0, 0.05) is 31.1 Å². The van der Waals surface area contributed by atoms with Crippen LogP contribution in [0.1, 0.15) is 101 Å². The number of benzene rings is 1. The molecule has 6 nitrogen and oxygen atoms in total. The molecular weight excluding hydrogens is 450 g/mol. The number of carbonyl (C=O) groups excluding carboxylic acids is 2. The van der Waals surface area contributed by atoms with Gasteiger partial charge in [-0.15, -0.1) is 0 Å². The highest BCUT2D eigenvalue weighted by atomic mass is 16.6. The molecule has 2 bridgehead atoms. The lowest BCUT2D eigenvalue weighted by Gasteiger charge is -2.50. The van der Waals surface area contributed by atoms with Gasteiger partial charge in [0.05, 0.1) is 12.6 Å². The van der Waals surface area contributed by atoms with Crippen LogP contribution in [-0.2, 0) is 14.9 Å². The fourth-order valence-electron chi connectivity index (χ4n) is 8.44. The molecule has 36 heavy (non-hydrogen) atoms. The minimum Gasteiger partial charge on any atom is -0.450 e. The Bertz CT molecular complexity index is 956. The number of hydrogen-bond donors (Lipinski definition) is 0. The standard InChI is InChI=1S/C30H43N3O3/c1-2-36-29(35)33-23-11-9-22(10-12-24(33)14-13-23)31-20-17-30(18-21-31)16-15-27(32-19-5-8-28(32)34)25-6-3-4-7-26(25)30/h3-4,6-7,22-24,27H,2,5,8-21H2,1H3/t22?,23?,24?,27-/m0/s1. The van der Waals surface area contributed by atoms with E-state index in [4.69, 9.17) is 4.74 Å². The van der Waals surface area contributed by atoms with E-state index in [-0.39, 0.29) is 17.6 Å². The average Bonchev–Trinajstić information content (AvgIpc) is 3.52. The molecule has 4 saturated heterocycles. The minimum atomic E-state index is -0.0896. The highest BCUT2D eigenvalue weighted by Gasteiger charge is 2.46. The molecule has 6 rings (SSSR count). The van der Waals surface area contributed by atoms with Crippen LogP contribution in [0.4, 0.5) is 4.79 Å². The monoisotopic (exact) mass is 493 g/mol. The first-order valence-corrected chi connectivity index (χ1v) is 14.7. The zero-order chi connectivity index (χ0) is 24.7. The molecule has 1 aromatic rings. The normalized spacial score (nSPS) is 32.3. The van der Waals surface area contributed by atoms with Gasteiger partial charge in [-0.1, -0.05) is 24.3 Å². The molecule has 1 aromatic carbocycles. The first kappa shape index (κ1) is 24.3. The number of ether oxygens (including phenoxy) is 1. The van der Waals surface area contributed by atoms with E-state index in [1.54, 1.807) is 0 Å². The van der Waals surface area contributed by atoms with Gasteiger partial charge in [0.2, 0.25) is 5.91 Å². The number of nitrogens with zero attached hydrogens (tertiary/aromatic N) is 3. The van der Waals surface area contributed by atoms with Crippen molar-refractivity contribution >= 4 is 12.0 Å². The molecule has 4 fully saturated rings. The highest BCUT2D eigenvalue weighted by Crippen LogP contribution is 2.50. The van der Waals surface area contributed by atoms with Crippen molar-refractivity contribution in [3.05, 3.63) is 35.4 Å². The maximum atomic E-state index is 12.6. The van der Waals surface area contributed by atoms with E-state index in [1.807, 2.05) is 6.92 Å². The molecule has 4 aliphatic heterocycles. The number of amides is 2.